The van der Waals surface area contributed by atoms with Crippen LogP contribution in [0.3, 0.4) is 0 Å². The maximum Gasteiger partial charge on any atom is 0.676 e. The number of thiophene rings is 2. The van der Waals surface area contributed by atoms with Crippen LogP contribution in [0.15, 0.2) is 60.7 Å². The summed E-state index contributed by atoms with van der Waals surface area (Å²) in [5.41, 5.74) is -1.21. The van der Waals surface area contributed by atoms with Crippen LogP contribution in [0.1, 0.15) is 32.0 Å². The van der Waals surface area contributed by atoms with Crippen molar-refractivity contribution < 1.29 is 49.5 Å². The van der Waals surface area contributed by atoms with Gasteiger partial charge in [0.15, 0.2) is 0 Å². The molecule has 0 unspecified atom stereocenters. The van der Waals surface area contributed by atoms with E-state index in [0.29, 0.717) is 32.0 Å². The molecule has 0 atom stereocenters. The van der Waals surface area contributed by atoms with Gasteiger partial charge in [-0.05, 0) is 59.4 Å². The Morgan fingerprint density at radius 3 is 1.47 bits per heavy atom. The predicted octanol–water partition coefficient (Wildman–Crippen LogP) is 8.32. The van der Waals surface area contributed by atoms with E-state index in [1.807, 2.05) is 0 Å². The highest BCUT2D eigenvalue weighted by atomic mass is 32.1. The van der Waals surface area contributed by atoms with E-state index in [0.717, 1.165) is 22.7 Å². The Hall–Kier alpha value is -2.82. The first kappa shape index (κ1) is 33.5. The molecule has 0 aliphatic heterocycles. The summed E-state index contributed by atoms with van der Waals surface area (Å²) in [7, 11) is -1.30. The van der Waals surface area contributed by atoms with Gasteiger partial charge in [0, 0.05) is 44.9 Å². The highest BCUT2D eigenvalue weighted by Gasteiger charge is 2.80. The minimum absolute atomic E-state index is 0.0560. The summed E-state index contributed by atoms with van der Waals surface area (Å²) in [5.74, 6) is -16.0. The zero-order valence-electron chi connectivity index (χ0n) is 24.4. The van der Waals surface area contributed by atoms with Crippen LogP contribution < -0.4 is 0 Å². The van der Waals surface area contributed by atoms with Crippen LogP contribution in [-0.4, -0.2) is 50.9 Å². The van der Waals surface area contributed by atoms with E-state index in [2.05, 4.69) is 0 Å². The average molecular weight is 687 g/mol. The van der Waals surface area contributed by atoms with Gasteiger partial charge in [-0.1, -0.05) is 48.5 Å². The Morgan fingerprint density at radius 1 is 0.689 bits per heavy atom. The first-order chi connectivity index (χ1) is 21.1. The molecule has 2 N–H and O–H groups in total. The van der Waals surface area contributed by atoms with Crippen LogP contribution in [0.25, 0.3) is 32.0 Å². The number of allylic oxidation sites excluding steroid dienone is 2. The van der Waals surface area contributed by atoms with Gasteiger partial charge in [0.05, 0.1) is 13.2 Å². The molecule has 0 bridgehead atoms. The van der Waals surface area contributed by atoms with Crippen LogP contribution in [-0.2, 0) is 26.5 Å². The lowest BCUT2D eigenvalue weighted by Crippen LogP contribution is -2.48. The van der Waals surface area contributed by atoms with Crippen molar-refractivity contribution in [2.45, 2.75) is 44.8 Å². The van der Waals surface area contributed by atoms with E-state index in [1.54, 1.807) is 48.5 Å². The van der Waals surface area contributed by atoms with E-state index < -0.39 is 38.0 Å². The minimum atomic E-state index is -5.67. The number of hydrogen-bond donors (Lipinski definition) is 2. The van der Waals surface area contributed by atoms with Crippen LogP contribution in [0.5, 0.6) is 0 Å². The Balaban J connectivity index is 1.58. The molecule has 0 amide bonds. The van der Waals surface area contributed by atoms with Crippen LogP contribution >= 0.6 is 22.7 Å². The monoisotopic (exact) mass is 686 g/mol. The van der Waals surface area contributed by atoms with Crippen molar-refractivity contribution in [3.63, 3.8) is 0 Å². The first-order valence-corrected chi connectivity index (χ1v) is 16.8. The van der Waals surface area contributed by atoms with Gasteiger partial charge in [-0.25, -0.2) is 0 Å². The number of halogens is 6. The first-order valence-electron chi connectivity index (χ1n) is 13.5. The fraction of sp³-hybridized carbons (Fsp3) is 0.290. The molecular formula is C31H28F6O5S2Si. The van der Waals surface area contributed by atoms with Crippen molar-refractivity contribution in [1.82, 2.24) is 0 Å². The molecule has 2 aromatic carbocycles. The van der Waals surface area contributed by atoms with Gasteiger partial charge in [-0.15, -0.1) is 22.7 Å². The lowest BCUT2D eigenvalue weighted by atomic mass is 9.94. The second kappa shape index (κ2) is 12.1. The summed E-state index contributed by atoms with van der Waals surface area (Å²) in [5, 5.41) is 9.31. The summed E-state index contributed by atoms with van der Waals surface area (Å²) >= 11 is 2.04. The third kappa shape index (κ3) is 5.71. The number of aryl methyl sites for hydroxylation is 2. The van der Waals surface area contributed by atoms with E-state index in [4.69, 9.17) is 13.3 Å². The molecule has 5 rings (SSSR count). The Labute approximate surface area is 264 Å². The molecule has 1 aliphatic carbocycles. The maximum absolute atomic E-state index is 15.6. The number of benzene rings is 2. The second-order valence-corrected chi connectivity index (χ2v) is 15.1. The third-order valence-corrected chi connectivity index (χ3v) is 11.4. The van der Waals surface area contributed by atoms with Crippen molar-refractivity contribution in [3.8, 4) is 20.9 Å². The molecule has 4 aromatic rings. The lowest BCUT2D eigenvalue weighted by molar-refractivity contribution is -0.254. The summed E-state index contributed by atoms with van der Waals surface area (Å²) in [6.07, 6.45) is 0. The van der Waals surface area contributed by atoms with Crippen molar-refractivity contribution in [3.05, 3.63) is 92.7 Å². The van der Waals surface area contributed by atoms with E-state index in [-0.39, 0.29) is 34.1 Å². The predicted molar refractivity (Wildman–Crippen MR) is 163 cm³/mol. The molecule has 240 valence electrons. The molecule has 0 fully saturated rings. The van der Waals surface area contributed by atoms with Crippen molar-refractivity contribution in [2.24, 2.45) is 0 Å². The van der Waals surface area contributed by atoms with Gasteiger partial charge in [0.1, 0.15) is 0 Å². The summed E-state index contributed by atoms with van der Waals surface area (Å²) < 4.78 is 107. The zero-order chi connectivity index (χ0) is 32.9. The number of aliphatic hydroxyl groups is 1. The molecule has 5 nitrogen and oxygen atoms in total. The topological polar surface area (TPSA) is 68.2 Å². The van der Waals surface area contributed by atoms with Gasteiger partial charge < -0.3 is 23.2 Å². The van der Waals surface area contributed by atoms with Crippen LogP contribution in [0, 0.1) is 13.8 Å². The molecule has 14 heteroatoms. The fourth-order valence-electron chi connectivity index (χ4n) is 5.09. The molecule has 2 aromatic heterocycles. The highest BCUT2D eigenvalue weighted by Crippen LogP contribution is 2.66. The SMILES string of the molecule is CO[Si](O)(OC)OCc1ccc(-c2cc(C3=C(c4cc(-c5ccc(CO)cc5)sc4C)C(F)(F)C(F)(F)C3(F)F)c(C)s2)cc1. The number of hydrogen-bond acceptors (Lipinski definition) is 7. The van der Waals surface area contributed by atoms with Gasteiger partial charge in [-0.2, -0.15) is 26.3 Å². The fourth-order valence-corrected chi connectivity index (χ4v) is 7.91. The number of alkyl halides is 6. The van der Waals surface area contributed by atoms with Crippen LogP contribution in [0.2, 0.25) is 0 Å². The minimum Gasteiger partial charge on any atom is -0.392 e. The molecular weight excluding hydrogens is 659 g/mol. The average Bonchev–Trinajstić information content (AvgIpc) is 3.62. The van der Waals surface area contributed by atoms with Crippen molar-refractivity contribution in [2.75, 3.05) is 14.2 Å². The summed E-state index contributed by atoms with van der Waals surface area (Å²) in [6, 6.07) is 15.6. The Morgan fingerprint density at radius 2 is 1.09 bits per heavy atom. The largest absolute Gasteiger partial charge is 0.676 e. The molecule has 0 radical (unpaired) electrons. The third-order valence-electron chi connectivity index (χ3n) is 7.64. The maximum atomic E-state index is 15.6. The molecule has 2 heterocycles. The molecule has 0 saturated carbocycles. The van der Waals surface area contributed by atoms with E-state index in [1.165, 1.54) is 40.2 Å². The quantitative estimate of drug-likeness (QED) is 0.130. The van der Waals surface area contributed by atoms with Crippen LogP contribution in [0.4, 0.5) is 26.3 Å². The standard InChI is InChI=1S/C31H28F6O5S2Si/c1-17-23(13-25(43-17)21-9-5-19(15-38)6-10-21)27-28(30(34,35)31(36,37)29(27,32)33)24-14-26(44-18(24)2)22-11-7-20(8-12-22)16-42-45(39,40-3)41-4/h5-14,38-39H,15-16H2,1-4H3. The number of aliphatic hydroxyl groups excluding tert-OH is 1. The molecule has 45 heavy (non-hydrogen) atoms. The molecule has 0 spiro atoms. The zero-order valence-corrected chi connectivity index (χ0v) is 27.0. The van der Waals surface area contributed by atoms with Gasteiger partial charge in [-0.3, -0.25) is 0 Å². The molecule has 1 aliphatic rings. The van der Waals surface area contributed by atoms with Gasteiger partial charge >= 0.3 is 26.8 Å². The highest BCUT2D eigenvalue weighted by molar-refractivity contribution is 7.16. The Kier molecular flexibility index (Phi) is 9.00. The van der Waals surface area contributed by atoms with Gasteiger partial charge in [0.2, 0.25) is 0 Å². The summed E-state index contributed by atoms with van der Waals surface area (Å²) in [6.45, 7) is 2.59. The lowest BCUT2D eigenvalue weighted by Gasteiger charge is -2.25. The summed E-state index contributed by atoms with van der Waals surface area (Å²) in [4.78, 5) is 11.3. The van der Waals surface area contributed by atoms with E-state index >= 15 is 26.3 Å². The smallest absolute Gasteiger partial charge is 0.392 e. The van der Waals surface area contributed by atoms with Crippen molar-refractivity contribution >= 4 is 42.9 Å². The second-order valence-electron chi connectivity index (χ2n) is 10.4. The van der Waals surface area contributed by atoms with Gasteiger partial charge in [0.25, 0.3) is 0 Å². The molecule has 0 saturated heterocycles. The van der Waals surface area contributed by atoms with E-state index in [9.17, 15) is 9.90 Å². The van der Waals surface area contributed by atoms with Crippen molar-refractivity contribution in [1.29, 1.82) is 0 Å². The normalized spacial score (nSPS) is 17.3. The number of rotatable bonds is 10. The Bertz CT molecular complexity index is 1730.